The molecule has 0 spiro atoms. The number of benzene rings is 2. The number of piperazine rings is 1. The average Bonchev–Trinajstić information content (AvgIpc) is 2.79. The normalized spacial score (nSPS) is 14.6. The standard InChI is InChI=1S/C24H31N7O/c1-17(2)18-7-9-19(10-8-18)26-24-28-22(27-23(25)29-24)16-30-11-13-31(14-12-30)20-5-4-6-21(15-20)32-3/h4-10,15,17H,11-14,16H2,1-3H3,(H3,25,26,27,28,29). The second kappa shape index (κ2) is 9.82. The zero-order chi connectivity index (χ0) is 22.5. The highest BCUT2D eigenvalue weighted by atomic mass is 16.5. The summed E-state index contributed by atoms with van der Waals surface area (Å²) in [5, 5.41) is 3.25. The molecule has 0 aliphatic carbocycles. The van der Waals surface area contributed by atoms with Gasteiger partial charge >= 0.3 is 0 Å². The molecule has 1 fully saturated rings. The molecule has 0 atom stereocenters. The number of nitrogens with one attached hydrogen (secondary N) is 1. The van der Waals surface area contributed by atoms with E-state index in [9.17, 15) is 0 Å². The molecule has 32 heavy (non-hydrogen) atoms. The SMILES string of the molecule is COc1cccc(N2CCN(Cc3nc(N)nc(Nc4ccc(C(C)C)cc4)n3)CC2)c1. The lowest BCUT2D eigenvalue weighted by atomic mass is 10.0. The third-order valence-electron chi connectivity index (χ3n) is 5.69. The van der Waals surface area contributed by atoms with Gasteiger partial charge in [0.2, 0.25) is 11.9 Å². The van der Waals surface area contributed by atoms with Crippen molar-refractivity contribution in [3.05, 3.63) is 59.9 Å². The van der Waals surface area contributed by atoms with Crippen LogP contribution >= 0.6 is 0 Å². The van der Waals surface area contributed by atoms with Crippen molar-refractivity contribution >= 4 is 23.3 Å². The van der Waals surface area contributed by atoms with Crippen molar-refractivity contribution in [1.29, 1.82) is 0 Å². The molecule has 1 aliphatic rings. The molecule has 0 unspecified atom stereocenters. The van der Waals surface area contributed by atoms with Crippen molar-refractivity contribution < 1.29 is 4.74 Å². The summed E-state index contributed by atoms with van der Waals surface area (Å²) in [5.41, 5.74) is 9.37. The molecule has 1 saturated heterocycles. The first-order chi connectivity index (χ1) is 15.5. The molecule has 3 aromatic rings. The fourth-order valence-corrected chi connectivity index (χ4v) is 3.82. The minimum atomic E-state index is 0.228. The number of methoxy groups -OCH3 is 1. The first-order valence-electron chi connectivity index (χ1n) is 11.0. The predicted molar refractivity (Wildman–Crippen MR) is 129 cm³/mol. The molecule has 0 radical (unpaired) electrons. The van der Waals surface area contributed by atoms with Gasteiger partial charge in [-0.05, 0) is 35.7 Å². The molecule has 4 rings (SSSR count). The molecule has 2 aromatic carbocycles. The number of nitrogens with zero attached hydrogens (tertiary/aromatic N) is 5. The Labute approximate surface area is 189 Å². The van der Waals surface area contributed by atoms with Crippen molar-refractivity contribution in [2.75, 3.05) is 49.2 Å². The highest BCUT2D eigenvalue weighted by Gasteiger charge is 2.19. The second-order valence-corrected chi connectivity index (χ2v) is 8.30. The summed E-state index contributed by atoms with van der Waals surface area (Å²) in [6.45, 7) is 8.70. The molecule has 0 bridgehead atoms. The van der Waals surface area contributed by atoms with Gasteiger partial charge in [0.1, 0.15) is 11.6 Å². The predicted octanol–water partition coefficient (Wildman–Crippen LogP) is 3.65. The minimum Gasteiger partial charge on any atom is -0.497 e. The second-order valence-electron chi connectivity index (χ2n) is 8.30. The lowest BCUT2D eigenvalue weighted by Crippen LogP contribution is -2.46. The van der Waals surface area contributed by atoms with Gasteiger partial charge in [-0.1, -0.05) is 32.0 Å². The highest BCUT2D eigenvalue weighted by molar-refractivity contribution is 5.54. The van der Waals surface area contributed by atoms with Crippen molar-refractivity contribution in [3.8, 4) is 5.75 Å². The maximum Gasteiger partial charge on any atom is 0.232 e. The van der Waals surface area contributed by atoms with E-state index >= 15 is 0 Å². The molecular formula is C24H31N7O. The lowest BCUT2D eigenvalue weighted by Gasteiger charge is -2.35. The fourth-order valence-electron chi connectivity index (χ4n) is 3.82. The van der Waals surface area contributed by atoms with Crippen LogP contribution in [0.4, 0.5) is 23.3 Å². The maximum atomic E-state index is 5.97. The summed E-state index contributed by atoms with van der Waals surface area (Å²) < 4.78 is 5.35. The van der Waals surface area contributed by atoms with Crippen molar-refractivity contribution in [3.63, 3.8) is 0 Å². The van der Waals surface area contributed by atoms with Crippen LogP contribution in [0.2, 0.25) is 0 Å². The topological polar surface area (TPSA) is 92.4 Å². The van der Waals surface area contributed by atoms with Crippen LogP contribution in [0.5, 0.6) is 5.75 Å². The zero-order valence-electron chi connectivity index (χ0n) is 19.0. The summed E-state index contributed by atoms with van der Waals surface area (Å²) in [6, 6.07) is 16.5. The summed E-state index contributed by atoms with van der Waals surface area (Å²) in [6.07, 6.45) is 0. The Morgan fingerprint density at radius 1 is 1.00 bits per heavy atom. The van der Waals surface area contributed by atoms with Crippen LogP contribution in [0.25, 0.3) is 0 Å². The molecule has 168 valence electrons. The van der Waals surface area contributed by atoms with Crippen LogP contribution in [-0.2, 0) is 6.54 Å². The van der Waals surface area contributed by atoms with E-state index in [0.29, 0.717) is 24.2 Å². The molecule has 1 aliphatic heterocycles. The average molecular weight is 434 g/mol. The van der Waals surface area contributed by atoms with Gasteiger partial charge in [-0.2, -0.15) is 15.0 Å². The summed E-state index contributed by atoms with van der Waals surface area (Å²) in [4.78, 5) is 17.9. The van der Waals surface area contributed by atoms with E-state index in [-0.39, 0.29) is 5.95 Å². The molecular weight excluding hydrogens is 402 g/mol. The molecule has 3 N–H and O–H groups in total. The first kappa shape index (κ1) is 21.8. The number of rotatable bonds is 7. The van der Waals surface area contributed by atoms with Crippen LogP contribution in [0.3, 0.4) is 0 Å². The third kappa shape index (κ3) is 5.45. The largest absolute Gasteiger partial charge is 0.497 e. The van der Waals surface area contributed by atoms with E-state index in [1.54, 1.807) is 7.11 Å². The quantitative estimate of drug-likeness (QED) is 0.583. The number of nitrogens with two attached hydrogens (primary N) is 1. The maximum absolute atomic E-state index is 5.97. The number of aromatic nitrogens is 3. The third-order valence-corrected chi connectivity index (χ3v) is 5.69. The van der Waals surface area contributed by atoms with E-state index < -0.39 is 0 Å². The Bertz CT molecular complexity index is 1030. The smallest absolute Gasteiger partial charge is 0.232 e. The summed E-state index contributed by atoms with van der Waals surface area (Å²) in [7, 11) is 1.70. The Balaban J connectivity index is 1.37. The Kier molecular flexibility index (Phi) is 6.70. The summed E-state index contributed by atoms with van der Waals surface area (Å²) in [5.74, 6) is 2.75. The van der Waals surface area contributed by atoms with Gasteiger partial charge in [0.15, 0.2) is 0 Å². The van der Waals surface area contributed by atoms with Gasteiger partial charge in [0, 0.05) is 43.6 Å². The van der Waals surface area contributed by atoms with Crippen LogP contribution in [-0.4, -0.2) is 53.1 Å². The fraction of sp³-hybridized carbons (Fsp3) is 0.375. The van der Waals surface area contributed by atoms with Crippen LogP contribution < -0.4 is 20.7 Å². The minimum absolute atomic E-state index is 0.228. The van der Waals surface area contributed by atoms with Gasteiger partial charge in [-0.25, -0.2) is 0 Å². The molecule has 0 amide bonds. The van der Waals surface area contributed by atoms with Gasteiger partial charge in [-0.15, -0.1) is 0 Å². The summed E-state index contributed by atoms with van der Waals surface area (Å²) >= 11 is 0. The zero-order valence-corrected chi connectivity index (χ0v) is 19.0. The van der Waals surface area contributed by atoms with Gasteiger partial charge in [0.25, 0.3) is 0 Å². The molecule has 8 nitrogen and oxygen atoms in total. The number of anilines is 4. The van der Waals surface area contributed by atoms with E-state index in [1.165, 1.54) is 11.3 Å². The van der Waals surface area contributed by atoms with Gasteiger partial charge in [0.05, 0.1) is 13.7 Å². The lowest BCUT2D eigenvalue weighted by molar-refractivity contribution is 0.244. The number of nitrogen functional groups attached to an aromatic ring is 1. The monoisotopic (exact) mass is 433 g/mol. The van der Waals surface area contributed by atoms with E-state index in [0.717, 1.165) is 37.6 Å². The van der Waals surface area contributed by atoms with Gasteiger partial charge in [-0.3, -0.25) is 4.90 Å². The molecule has 8 heteroatoms. The molecule has 0 saturated carbocycles. The van der Waals surface area contributed by atoms with Crippen LogP contribution in [0.15, 0.2) is 48.5 Å². The van der Waals surface area contributed by atoms with Gasteiger partial charge < -0.3 is 20.7 Å². The van der Waals surface area contributed by atoms with Crippen molar-refractivity contribution in [2.45, 2.75) is 26.3 Å². The van der Waals surface area contributed by atoms with E-state index in [1.807, 2.05) is 24.3 Å². The Hall–Kier alpha value is -3.39. The molecule has 2 heterocycles. The Morgan fingerprint density at radius 3 is 2.44 bits per heavy atom. The number of hydrogen-bond acceptors (Lipinski definition) is 8. The van der Waals surface area contributed by atoms with Crippen molar-refractivity contribution in [1.82, 2.24) is 19.9 Å². The van der Waals surface area contributed by atoms with E-state index in [2.05, 4.69) is 68.2 Å². The first-order valence-corrected chi connectivity index (χ1v) is 11.0. The van der Waals surface area contributed by atoms with Crippen LogP contribution in [0.1, 0.15) is 31.2 Å². The molecule has 1 aromatic heterocycles. The number of ether oxygens (including phenoxy) is 1. The van der Waals surface area contributed by atoms with Crippen LogP contribution in [0, 0.1) is 0 Å². The Morgan fingerprint density at radius 2 is 1.75 bits per heavy atom. The van der Waals surface area contributed by atoms with E-state index in [4.69, 9.17) is 10.5 Å². The van der Waals surface area contributed by atoms with Crippen molar-refractivity contribution in [2.24, 2.45) is 0 Å². The highest BCUT2D eigenvalue weighted by Crippen LogP contribution is 2.23. The number of hydrogen-bond donors (Lipinski definition) is 2.